The number of aliphatic carboxylic acids is 1. The van der Waals surface area contributed by atoms with Gasteiger partial charge in [0.15, 0.2) is 0 Å². The molecule has 1 atom stereocenters. The Hall–Kier alpha value is -0.291. The Labute approximate surface area is 84.2 Å². The molecule has 0 aromatic heterocycles. The summed E-state index contributed by atoms with van der Waals surface area (Å²) in [5.41, 5.74) is 5.17. The second-order valence-corrected chi connectivity index (χ2v) is 2.11. The van der Waals surface area contributed by atoms with E-state index in [1.807, 2.05) is 0 Å². The first-order valence-electron chi connectivity index (χ1n) is 2.84. The van der Waals surface area contributed by atoms with Crippen molar-refractivity contribution in [3.63, 3.8) is 0 Å². The molecule has 3 N–H and O–H groups in total. The van der Waals surface area contributed by atoms with Crippen molar-refractivity contribution in [1.82, 2.24) is 0 Å². The van der Waals surface area contributed by atoms with Gasteiger partial charge in [0.2, 0.25) is 0 Å². The van der Waals surface area contributed by atoms with Crippen molar-refractivity contribution in [3.05, 3.63) is 0 Å². The number of rotatable bonds is 4. The van der Waals surface area contributed by atoms with E-state index in [1.165, 1.54) is 0 Å². The van der Waals surface area contributed by atoms with Gasteiger partial charge in [-0.25, -0.2) is 0 Å². The Kier molecular flexibility index (Phi) is 8.74. The molecule has 0 amide bonds. The van der Waals surface area contributed by atoms with Crippen molar-refractivity contribution >= 4 is 24.3 Å². The van der Waals surface area contributed by atoms with Gasteiger partial charge in [0.05, 0.1) is 0 Å². The second kappa shape index (κ2) is 7.36. The van der Waals surface area contributed by atoms with Crippen molar-refractivity contribution in [1.29, 1.82) is 0 Å². The van der Waals surface area contributed by atoms with Gasteiger partial charge in [0, 0.05) is 0 Å². The summed E-state index contributed by atoms with van der Waals surface area (Å²) in [6.45, 7) is 0. The molecule has 0 spiro atoms. The van der Waals surface area contributed by atoms with Gasteiger partial charge in [0.1, 0.15) is 0 Å². The van der Waals surface area contributed by atoms with Crippen LogP contribution >= 0.6 is 12.4 Å². The maximum absolute atomic E-state index is 10.5. The molecule has 0 aromatic carbocycles. The Morgan fingerprint density at radius 2 is 2.08 bits per heavy atom. The number of hydrogen-bond acceptors (Lipinski definition) is 4. The molecule has 0 aliphatic carbocycles. The summed E-state index contributed by atoms with van der Waals surface area (Å²) in [5, 5.41) is 8.18. The van der Waals surface area contributed by atoms with Gasteiger partial charge >= 0.3 is 71.4 Å². The molecular formula is C5H9ClCuNO4. The van der Waals surface area contributed by atoms with Crippen LogP contribution in [0.25, 0.3) is 0 Å². The molecule has 76 valence electrons. The van der Waals surface area contributed by atoms with Crippen molar-refractivity contribution in [2.24, 2.45) is 5.73 Å². The molecule has 0 radical (unpaired) electrons. The SMILES string of the molecule is Cl.NC(CCC(=O)O)C(=O)[O][Cu]. The molecule has 0 aromatic rings. The number of carbonyl (C=O) groups is 2. The number of carboxylic acids is 1. The zero-order valence-electron chi connectivity index (χ0n) is 5.95. The summed E-state index contributed by atoms with van der Waals surface area (Å²) >= 11 is 4.09. The summed E-state index contributed by atoms with van der Waals surface area (Å²) in [6.07, 6.45) is -0.120. The molecule has 0 fully saturated rings. The number of nitrogens with two attached hydrogens (primary N) is 1. The molecule has 0 saturated carbocycles. The fourth-order valence-electron chi connectivity index (χ4n) is 0.442. The Bertz CT molecular complexity index is 166. The van der Waals surface area contributed by atoms with Crippen LogP contribution < -0.4 is 5.73 Å². The van der Waals surface area contributed by atoms with E-state index in [1.54, 1.807) is 0 Å². The Balaban J connectivity index is 0. The van der Waals surface area contributed by atoms with E-state index in [0.717, 1.165) is 0 Å². The number of hydrogen-bond donors (Lipinski definition) is 2. The van der Waals surface area contributed by atoms with E-state index in [4.69, 9.17) is 10.8 Å². The summed E-state index contributed by atoms with van der Waals surface area (Å²) in [6, 6.07) is -0.932. The van der Waals surface area contributed by atoms with Gasteiger partial charge in [0.25, 0.3) is 0 Å². The van der Waals surface area contributed by atoms with Crippen LogP contribution in [0.5, 0.6) is 0 Å². The van der Waals surface area contributed by atoms with E-state index in [-0.39, 0.29) is 25.2 Å². The molecule has 0 aliphatic rings. The van der Waals surface area contributed by atoms with Crippen LogP contribution in [-0.2, 0) is 29.8 Å². The van der Waals surface area contributed by atoms with Gasteiger partial charge in [-0.05, 0) is 0 Å². The van der Waals surface area contributed by atoms with E-state index in [9.17, 15) is 9.59 Å². The quantitative estimate of drug-likeness (QED) is 0.659. The fraction of sp³-hybridized carbons (Fsp3) is 0.600. The molecule has 0 rings (SSSR count). The first kappa shape index (κ1) is 14.2. The maximum atomic E-state index is 10.5. The molecule has 7 heteroatoms. The van der Waals surface area contributed by atoms with E-state index < -0.39 is 18.0 Å². The van der Waals surface area contributed by atoms with Crippen LogP contribution in [-0.4, -0.2) is 23.1 Å². The molecule has 0 heterocycles. The van der Waals surface area contributed by atoms with Crippen LogP contribution in [0.1, 0.15) is 12.8 Å². The zero-order valence-corrected chi connectivity index (χ0v) is 7.71. The van der Waals surface area contributed by atoms with Gasteiger partial charge in [-0.3, -0.25) is 0 Å². The Morgan fingerprint density at radius 1 is 1.58 bits per heavy atom. The average molecular weight is 246 g/mol. The van der Waals surface area contributed by atoms with E-state index in [2.05, 4.69) is 20.2 Å². The van der Waals surface area contributed by atoms with Crippen LogP contribution in [0.3, 0.4) is 0 Å². The number of carboxylic acid groups (broad SMARTS) is 1. The molecule has 12 heavy (non-hydrogen) atoms. The van der Waals surface area contributed by atoms with Gasteiger partial charge in [-0.2, -0.15) is 0 Å². The van der Waals surface area contributed by atoms with Crippen LogP contribution in [0, 0.1) is 0 Å². The molecule has 0 saturated heterocycles. The molecule has 5 nitrogen and oxygen atoms in total. The second-order valence-electron chi connectivity index (χ2n) is 1.92. The fourth-order valence-corrected chi connectivity index (χ4v) is 0.585. The van der Waals surface area contributed by atoms with Crippen molar-refractivity contribution in [2.75, 3.05) is 0 Å². The summed E-state index contributed by atoms with van der Waals surface area (Å²) < 4.78 is 3.85. The first-order chi connectivity index (χ1) is 5.07. The van der Waals surface area contributed by atoms with Gasteiger partial charge in [-0.15, -0.1) is 12.4 Å². The van der Waals surface area contributed by atoms with Crippen molar-refractivity contribution in [3.8, 4) is 0 Å². The van der Waals surface area contributed by atoms with Gasteiger partial charge < -0.3 is 0 Å². The van der Waals surface area contributed by atoms with E-state index >= 15 is 0 Å². The van der Waals surface area contributed by atoms with Crippen LogP contribution in [0.4, 0.5) is 0 Å². The topological polar surface area (TPSA) is 89.6 Å². The van der Waals surface area contributed by atoms with Gasteiger partial charge in [-0.1, -0.05) is 0 Å². The van der Waals surface area contributed by atoms with Crippen LogP contribution in [0.15, 0.2) is 0 Å². The predicted octanol–water partition coefficient (Wildman–Crippen LogP) is -0.395. The molecular weight excluding hydrogens is 237 g/mol. The number of carbonyl (C=O) groups excluding carboxylic acids is 1. The minimum absolute atomic E-state index is 0. The monoisotopic (exact) mass is 245 g/mol. The first-order valence-corrected chi connectivity index (χ1v) is 3.23. The summed E-state index contributed by atoms with van der Waals surface area (Å²) in [5.74, 6) is -1.78. The third kappa shape index (κ3) is 6.42. The standard InChI is InChI=1S/C5H9NO4.ClH.Cu/c6-3(5(9)10)1-2-4(7)8;;/h3H,1-2,6H2,(H,7,8)(H,9,10);1H;/q;;+1/p-1. The normalized spacial score (nSPS) is 11.2. The minimum atomic E-state index is -1.00. The van der Waals surface area contributed by atoms with Crippen molar-refractivity contribution in [2.45, 2.75) is 18.9 Å². The zero-order chi connectivity index (χ0) is 8.85. The van der Waals surface area contributed by atoms with Crippen molar-refractivity contribution < 1.29 is 34.9 Å². The molecule has 0 aliphatic heterocycles. The van der Waals surface area contributed by atoms with E-state index in [0.29, 0.717) is 0 Å². The summed E-state index contributed by atoms with van der Waals surface area (Å²) in [4.78, 5) is 20.5. The van der Waals surface area contributed by atoms with Crippen LogP contribution in [0.2, 0.25) is 0 Å². The Morgan fingerprint density at radius 3 is 2.42 bits per heavy atom. The average Bonchev–Trinajstić information content (AvgIpc) is 1.98. The predicted molar refractivity (Wildman–Crippen MR) is 38.2 cm³/mol. The molecule has 1 unspecified atom stereocenters. The summed E-state index contributed by atoms with van der Waals surface area (Å²) in [7, 11) is 0. The molecule has 0 bridgehead atoms. The third-order valence-electron chi connectivity index (χ3n) is 1.03. The number of halogens is 1. The third-order valence-corrected chi connectivity index (χ3v) is 1.22.